The summed E-state index contributed by atoms with van der Waals surface area (Å²) in [6.07, 6.45) is 8.00. The fraction of sp³-hybridized carbons (Fsp3) is 0.897. The normalized spacial score (nSPS) is 63.6. The monoisotopic (exact) mass is 470 g/mol. The summed E-state index contributed by atoms with van der Waals surface area (Å²) in [5.74, 6) is 0.828. The van der Waals surface area contributed by atoms with Gasteiger partial charge in [0.15, 0.2) is 5.60 Å². The van der Waals surface area contributed by atoms with Crippen molar-refractivity contribution in [1.29, 1.82) is 0 Å². The van der Waals surface area contributed by atoms with Crippen LogP contribution < -0.4 is 0 Å². The van der Waals surface area contributed by atoms with Crippen molar-refractivity contribution >= 4 is 5.97 Å². The van der Waals surface area contributed by atoms with Gasteiger partial charge in [0.1, 0.15) is 6.10 Å². The predicted molar refractivity (Wildman–Crippen MR) is 127 cm³/mol. The lowest BCUT2D eigenvalue weighted by Crippen LogP contribution is -2.74. The van der Waals surface area contributed by atoms with Crippen LogP contribution >= 0.6 is 0 Å². The lowest BCUT2D eigenvalue weighted by atomic mass is 9.31. The third-order valence-electron chi connectivity index (χ3n) is 13.7. The van der Waals surface area contributed by atoms with Crippen LogP contribution in [0.25, 0.3) is 0 Å². The van der Waals surface area contributed by atoms with Gasteiger partial charge in [-0.1, -0.05) is 39.8 Å². The number of aliphatic hydroxyl groups is 2. The third-order valence-corrected chi connectivity index (χ3v) is 13.7. The van der Waals surface area contributed by atoms with Gasteiger partial charge >= 0.3 is 5.97 Å². The first-order valence-electron chi connectivity index (χ1n) is 13.8. The molecule has 1 spiro atoms. The van der Waals surface area contributed by atoms with Crippen molar-refractivity contribution < 1.29 is 24.5 Å². The maximum absolute atomic E-state index is 13.6. The molecule has 7 fully saturated rings. The van der Waals surface area contributed by atoms with Crippen molar-refractivity contribution in [2.75, 3.05) is 6.61 Å². The number of hydrogen-bond donors (Lipinski definition) is 2. The van der Waals surface area contributed by atoms with Crippen molar-refractivity contribution in [3.05, 3.63) is 12.2 Å². The Labute approximate surface area is 203 Å². The van der Waals surface area contributed by atoms with E-state index >= 15 is 0 Å². The van der Waals surface area contributed by atoms with Crippen LogP contribution in [0, 0.1) is 44.8 Å². The highest BCUT2D eigenvalue weighted by Crippen LogP contribution is 2.83. The first-order valence-corrected chi connectivity index (χ1v) is 13.8. The van der Waals surface area contributed by atoms with Gasteiger partial charge in [0.25, 0.3) is 0 Å². The highest BCUT2D eigenvalue weighted by molar-refractivity contribution is 5.82. The molecular formula is C29H42O5. The molecule has 5 nitrogen and oxygen atoms in total. The number of carbonyl (C=O) groups excluding carboxylic acids is 1. The Hall–Kier alpha value is -0.910. The van der Waals surface area contributed by atoms with Crippen LogP contribution in [-0.2, 0) is 14.3 Å². The van der Waals surface area contributed by atoms with Crippen molar-refractivity contribution in [2.45, 2.75) is 109 Å². The number of epoxide rings is 1. The van der Waals surface area contributed by atoms with Gasteiger partial charge in [-0.15, -0.1) is 0 Å². The van der Waals surface area contributed by atoms with Crippen molar-refractivity contribution in [1.82, 2.24) is 0 Å². The van der Waals surface area contributed by atoms with Crippen LogP contribution in [0.15, 0.2) is 12.2 Å². The number of carbonyl (C=O) groups is 1. The Kier molecular flexibility index (Phi) is 4.03. The minimum absolute atomic E-state index is 0.0128. The Morgan fingerprint density at radius 1 is 1.03 bits per heavy atom. The number of hydrogen-bond acceptors (Lipinski definition) is 5. The molecule has 2 aliphatic heterocycles. The average molecular weight is 471 g/mol. The second-order valence-electron chi connectivity index (χ2n) is 14.4. The largest absolute Gasteiger partial charge is 0.455 e. The molecule has 2 heterocycles. The molecule has 5 aliphatic carbocycles. The zero-order chi connectivity index (χ0) is 24.1. The summed E-state index contributed by atoms with van der Waals surface area (Å²) in [6.45, 7) is 13.8. The standard InChI is InChI=1S/C29H42O5/c1-16-6-11-28-13-12-27(5)26(4)10-7-17-24(2,9-8-19(31)25(17,3)15-30)21(26)20-22(33-20)29(27,18(28)14-16)34-23(28)32/h17-22,30-31H,1,6-15H2,2-5H3/t17-,18+,19+,20+,21-,22+,24+,25+,26-,27+,28+,29-/m1/s1. The quantitative estimate of drug-likeness (QED) is 0.337. The lowest BCUT2D eigenvalue weighted by molar-refractivity contribution is -0.274. The number of ether oxygens (including phenoxy) is 2. The topological polar surface area (TPSA) is 79.3 Å². The summed E-state index contributed by atoms with van der Waals surface area (Å²) in [5.41, 5.74) is -0.282. The minimum Gasteiger partial charge on any atom is -0.455 e. The molecule has 5 saturated carbocycles. The molecule has 0 amide bonds. The molecule has 2 N–H and O–H groups in total. The molecule has 0 aromatic heterocycles. The third kappa shape index (κ3) is 2.02. The average Bonchev–Trinajstić information content (AvgIpc) is 3.55. The summed E-state index contributed by atoms with van der Waals surface area (Å²) in [6, 6.07) is 0. The fourth-order valence-electron chi connectivity index (χ4n) is 11.8. The first kappa shape index (κ1) is 22.3. The molecule has 7 rings (SSSR count). The number of allylic oxidation sites excluding steroid dienone is 1. The van der Waals surface area contributed by atoms with Gasteiger partial charge < -0.3 is 19.7 Å². The minimum atomic E-state index is -0.542. The summed E-state index contributed by atoms with van der Waals surface area (Å²) < 4.78 is 13.4. The molecule has 0 aromatic rings. The fourth-order valence-corrected chi connectivity index (χ4v) is 11.8. The molecule has 12 atom stereocenters. The summed E-state index contributed by atoms with van der Waals surface area (Å²) in [4.78, 5) is 13.6. The van der Waals surface area contributed by atoms with Crippen LogP contribution in [0.3, 0.4) is 0 Å². The van der Waals surface area contributed by atoms with Crippen LogP contribution in [0.5, 0.6) is 0 Å². The summed E-state index contributed by atoms with van der Waals surface area (Å²) >= 11 is 0. The van der Waals surface area contributed by atoms with E-state index in [1.807, 2.05) is 0 Å². The van der Waals surface area contributed by atoms with Gasteiger partial charge in [-0.3, -0.25) is 4.79 Å². The number of fused-ring (bicyclic) bond motifs is 6. The second-order valence-corrected chi connectivity index (χ2v) is 14.4. The maximum Gasteiger partial charge on any atom is 0.313 e. The van der Waals surface area contributed by atoms with Gasteiger partial charge in [0.2, 0.25) is 0 Å². The Balaban J connectivity index is 1.38. The van der Waals surface area contributed by atoms with Gasteiger partial charge in [0.05, 0.1) is 24.2 Å². The molecule has 188 valence electrons. The van der Waals surface area contributed by atoms with E-state index < -0.39 is 17.1 Å². The number of esters is 1. The molecule has 0 unspecified atom stereocenters. The smallest absolute Gasteiger partial charge is 0.313 e. The molecule has 0 radical (unpaired) electrons. The molecular weight excluding hydrogens is 428 g/mol. The molecule has 34 heavy (non-hydrogen) atoms. The SMILES string of the molecule is C=C1CC[C@@]23CC[C@]4(C)[C@](OC2=O)([C@H]2O[C@H]2[C@@H]2[C@@]5(C)CC[C@H](O)[C@@](C)(CO)[C@@H]5CC[C@]24C)[C@H]3C1. The first-order chi connectivity index (χ1) is 15.9. The Bertz CT molecular complexity index is 993. The van der Waals surface area contributed by atoms with E-state index in [2.05, 4.69) is 34.3 Å². The van der Waals surface area contributed by atoms with E-state index in [4.69, 9.17) is 9.47 Å². The van der Waals surface area contributed by atoms with Crippen molar-refractivity contribution in [3.8, 4) is 0 Å². The van der Waals surface area contributed by atoms with Crippen LogP contribution in [-0.4, -0.2) is 46.7 Å². The van der Waals surface area contributed by atoms with Gasteiger partial charge in [0, 0.05) is 16.7 Å². The molecule has 0 aromatic carbocycles. The van der Waals surface area contributed by atoms with E-state index in [9.17, 15) is 15.0 Å². The zero-order valence-electron chi connectivity index (χ0n) is 21.4. The van der Waals surface area contributed by atoms with Crippen molar-refractivity contribution in [3.63, 3.8) is 0 Å². The van der Waals surface area contributed by atoms with Crippen molar-refractivity contribution in [2.24, 2.45) is 44.8 Å². The van der Waals surface area contributed by atoms with E-state index in [1.165, 1.54) is 5.57 Å². The highest BCUT2D eigenvalue weighted by Gasteiger charge is 2.88. The lowest BCUT2D eigenvalue weighted by Gasteiger charge is -2.72. The van der Waals surface area contributed by atoms with Gasteiger partial charge in [-0.2, -0.15) is 0 Å². The predicted octanol–water partition coefficient (Wildman–Crippen LogP) is 4.40. The van der Waals surface area contributed by atoms with E-state index in [0.717, 1.165) is 57.8 Å². The van der Waals surface area contributed by atoms with Crippen LogP contribution in [0.1, 0.15) is 85.5 Å². The second kappa shape index (κ2) is 6.14. The van der Waals surface area contributed by atoms with Crippen LogP contribution in [0.4, 0.5) is 0 Å². The summed E-state index contributed by atoms with van der Waals surface area (Å²) in [7, 11) is 0. The zero-order valence-corrected chi connectivity index (χ0v) is 21.4. The summed E-state index contributed by atoms with van der Waals surface area (Å²) in [5, 5.41) is 21.4. The molecule has 7 aliphatic rings. The maximum atomic E-state index is 13.6. The van der Waals surface area contributed by atoms with E-state index in [0.29, 0.717) is 5.92 Å². The molecule has 5 heteroatoms. The van der Waals surface area contributed by atoms with Gasteiger partial charge in [-0.25, -0.2) is 0 Å². The highest BCUT2D eigenvalue weighted by atomic mass is 16.6. The number of rotatable bonds is 1. The molecule has 2 saturated heterocycles. The Morgan fingerprint density at radius 2 is 1.79 bits per heavy atom. The number of aliphatic hydroxyl groups excluding tert-OH is 2. The van der Waals surface area contributed by atoms with E-state index in [-0.39, 0.29) is 58.3 Å². The van der Waals surface area contributed by atoms with E-state index in [1.54, 1.807) is 0 Å². The van der Waals surface area contributed by atoms with Gasteiger partial charge in [-0.05, 0) is 80.5 Å². The Morgan fingerprint density at radius 3 is 2.53 bits per heavy atom. The molecule has 2 bridgehead atoms. The van der Waals surface area contributed by atoms with Crippen LogP contribution in [0.2, 0.25) is 0 Å².